The number of nitrogens with zero attached hydrogens (tertiary/aromatic N) is 1. The van der Waals surface area contributed by atoms with Gasteiger partial charge >= 0.3 is 0 Å². The van der Waals surface area contributed by atoms with Crippen LogP contribution in [0.25, 0.3) is 0 Å². The van der Waals surface area contributed by atoms with Crippen LogP contribution in [0.2, 0.25) is 0 Å². The Balaban J connectivity index is 1.84. The van der Waals surface area contributed by atoms with Crippen molar-refractivity contribution < 1.29 is 18.0 Å². The number of hydrogen-bond acceptors (Lipinski definition) is 4. The van der Waals surface area contributed by atoms with E-state index in [4.69, 9.17) is 0 Å². The molecule has 7 nitrogen and oxygen atoms in total. The Labute approximate surface area is 184 Å². The normalized spacial score (nSPS) is 11.4. The molecule has 2 aromatic rings. The molecule has 0 fully saturated rings. The molecule has 8 heteroatoms. The number of hydrogen-bond donors (Lipinski definition) is 2. The number of amides is 2. The first-order valence-electron chi connectivity index (χ1n) is 10.4. The molecule has 0 atom stereocenters. The highest BCUT2D eigenvalue weighted by molar-refractivity contribution is 7.89. The largest absolute Gasteiger partial charge is 0.347 e. The number of sulfonamides is 1. The summed E-state index contributed by atoms with van der Waals surface area (Å²) in [7, 11) is -3.49. The predicted octanol–water partition coefficient (Wildman–Crippen LogP) is 3.02. The molecule has 2 aromatic carbocycles. The van der Waals surface area contributed by atoms with Gasteiger partial charge in [0, 0.05) is 25.2 Å². The van der Waals surface area contributed by atoms with Gasteiger partial charge in [-0.1, -0.05) is 44.2 Å². The summed E-state index contributed by atoms with van der Waals surface area (Å²) in [6, 6.07) is 12.3. The van der Waals surface area contributed by atoms with Crippen molar-refractivity contribution in [3.63, 3.8) is 0 Å². The highest BCUT2D eigenvalue weighted by atomic mass is 32.2. The molecule has 2 rings (SSSR count). The first-order valence-corrected chi connectivity index (χ1v) is 11.8. The minimum absolute atomic E-state index is 0.104. The maximum absolute atomic E-state index is 12.5. The van der Waals surface area contributed by atoms with Crippen molar-refractivity contribution in [2.45, 2.75) is 45.4 Å². The third-order valence-electron chi connectivity index (χ3n) is 5.10. The van der Waals surface area contributed by atoms with Gasteiger partial charge in [-0.25, -0.2) is 8.42 Å². The molecule has 0 saturated heterocycles. The fourth-order valence-electron chi connectivity index (χ4n) is 3.26. The molecule has 0 bridgehead atoms. The average Bonchev–Trinajstić information content (AvgIpc) is 2.74. The Morgan fingerprint density at radius 3 is 2.03 bits per heavy atom. The Morgan fingerprint density at radius 1 is 0.903 bits per heavy atom. The van der Waals surface area contributed by atoms with Crippen LogP contribution in [-0.2, 0) is 26.0 Å². The van der Waals surface area contributed by atoms with Crippen LogP contribution < -0.4 is 10.6 Å². The molecule has 0 heterocycles. The number of carbonyl (C=O) groups excluding carboxylic acids is 2. The number of benzene rings is 2. The van der Waals surface area contributed by atoms with Crippen LogP contribution in [0.3, 0.4) is 0 Å². The molecule has 0 aliphatic heterocycles. The highest BCUT2D eigenvalue weighted by Gasteiger charge is 2.21. The van der Waals surface area contributed by atoms with Gasteiger partial charge in [0.1, 0.15) is 0 Å². The number of rotatable bonds is 10. The van der Waals surface area contributed by atoms with Gasteiger partial charge in [0.15, 0.2) is 0 Å². The summed E-state index contributed by atoms with van der Waals surface area (Å²) in [4.78, 5) is 24.5. The van der Waals surface area contributed by atoms with E-state index in [1.807, 2.05) is 32.0 Å². The summed E-state index contributed by atoms with van der Waals surface area (Å²) in [5.41, 5.74) is 3.55. The lowest BCUT2D eigenvalue weighted by molar-refractivity contribution is -0.124. The van der Waals surface area contributed by atoms with Crippen molar-refractivity contribution in [2.75, 3.05) is 25.0 Å². The van der Waals surface area contributed by atoms with Crippen LogP contribution in [0.4, 0.5) is 5.69 Å². The second-order valence-electron chi connectivity index (χ2n) is 7.32. The number of anilines is 1. The fourth-order valence-corrected chi connectivity index (χ4v) is 4.72. The second-order valence-corrected chi connectivity index (χ2v) is 9.26. The lowest BCUT2D eigenvalue weighted by Crippen LogP contribution is -2.33. The molecule has 0 aromatic heterocycles. The third-order valence-corrected chi connectivity index (χ3v) is 7.16. The van der Waals surface area contributed by atoms with E-state index in [1.165, 1.54) is 4.31 Å². The van der Waals surface area contributed by atoms with Crippen molar-refractivity contribution in [2.24, 2.45) is 0 Å². The molecule has 2 N–H and O–H groups in total. The quantitative estimate of drug-likeness (QED) is 0.588. The molecule has 0 unspecified atom stereocenters. The lowest BCUT2D eigenvalue weighted by Gasteiger charge is -2.18. The number of para-hydroxylation sites is 1. The molecule has 0 radical (unpaired) electrons. The summed E-state index contributed by atoms with van der Waals surface area (Å²) in [6.45, 7) is 8.16. The van der Waals surface area contributed by atoms with Gasteiger partial charge in [-0.2, -0.15) is 4.31 Å². The highest BCUT2D eigenvalue weighted by Crippen LogP contribution is 2.19. The summed E-state index contributed by atoms with van der Waals surface area (Å²) >= 11 is 0. The van der Waals surface area contributed by atoms with E-state index in [0.29, 0.717) is 19.5 Å². The zero-order valence-corrected chi connectivity index (χ0v) is 19.4. The molecular weight excluding hydrogens is 414 g/mol. The SMILES string of the molecule is CCN(CC)S(=O)(=O)c1ccc(CCC(=O)NCC(=O)Nc2c(C)cccc2C)cc1. The van der Waals surface area contributed by atoms with Crippen molar-refractivity contribution in [1.29, 1.82) is 0 Å². The van der Waals surface area contributed by atoms with E-state index in [2.05, 4.69) is 10.6 Å². The summed E-state index contributed by atoms with van der Waals surface area (Å²) < 4.78 is 26.4. The molecule has 0 spiro atoms. The van der Waals surface area contributed by atoms with E-state index >= 15 is 0 Å². The summed E-state index contributed by atoms with van der Waals surface area (Å²) in [5, 5.41) is 5.46. The number of nitrogens with one attached hydrogen (secondary N) is 2. The van der Waals surface area contributed by atoms with Gasteiger partial charge in [-0.3, -0.25) is 9.59 Å². The van der Waals surface area contributed by atoms with Gasteiger partial charge in [-0.05, 0) is 49.1 Å². The first kappa shape index (κ1) is 24.6. The van der Waals surface area contributed by atoms with E-state index in [-0.39, 0.29) is 29.7 Å². The van der Waals surface area contributed by atoms with E-state index in [1.54, 1.807) is 38.1 Å². The van der Waals surface area contributed by atoms with Gasteiger partial charge in [-0.15, -0.1) is 0 Å². The van der Waals surface area contributed by atoms with Crippen LogP contribution in [0, 0.1) is 13.8 Å². The van der Waals surface area contributed by atoms with Crippen LogP contribution in [0.5, 0.6) is 0 Å². The Hall–Kier alpha value is -2.71. The van der Waals surface area contributed by atoms with Crippen molar-refractivity contribution in [3.05, 3.63) is 59.2 Å². The maximum atomic E-state index is 12.5. The average molecular weight is 446 g/mol. The predicted molar refractivity (Wildman–Crippen MR) is 122 cm³/mol. The monoisotopic (exact) mass is 445 g/mol. The molecule has 0 aliphatic rings. The van der Waals surface area contributed by atoms with Crippen LogP contribution in [0.1, 0.15) is 37.0 Å². The van der Waals surface area contributed by atoms with E-state index < -0.39 is 10.0 Å². The molecule has 2 amide bonds. The number of aryl methyl sites for hydroxylation is 3. The topological polar surface area (TPSA) is 95.6 Å². The van der Waals surface area contributed by atoms with Gasteiger partial charge in [0.2, 0.25) is 21.8 Å². The van der Waals surface area contributed by atoms with Crippen LogP contribution >= 0.6 is 0 Å². The molecule has 0 aliphatic carbocycles. The van der Waals surface area contributed by atoms with Crippen molar-refractivity contribution in [1.82, 2.24) is 9.62 Å². The lowest BCUT2D eigenvalue weighted by atomic mass is 10.1. The minimum atomic E-state index is -3.49. The van der Waals surface area contributed by atoms with Crippen molar-refractivity contribution in [3.8, 4) is 0 Å². The van der Waals surface area contributed by atoms with Crippen molar-refractivity contribution >= 4 is 27.5 Å². The standard InChI is InChI=1S/C23H31N3O4S/c1-5-26(6-2)31(29,30)20-13-10-19(11-14-20)12-15-21(27)24-16-22(28)25-23-17(3)8-7-9-18(23)4/h7-11,13-14H,5-6,12,15-16H2,1-4H3,(H,24,27)(H,25,28). The van der Waals surface area contributed by atoms with E-state index in [0.717, 1.165) is 22.4 Å². The first-order chi connectivity index (χ1) is 14.7. The Kier molecular flexibility index (Phi) is 8.76. The van der Waals surface area contributed by atoms with Crippen LogP contribution in [0.15, 0.2) is 47.4 Å². The van der Waals surface area contributed by atoms with Crippen LogP contribution in [-0.4, -0.2) is 44.2 Å². The summed E-state index contributed by atoms with van der Waals surface area (Å²) in [6.07, 6.45) is 0.661. The molecular formula is C23H31N3O4S. The molecule has 31 heavy (non-hydrogen) atoms. The minimum Gasteiger partial charge on any atom is -0.347 e. The third kappa shape index (κ3) is 6.63. The Morgan fingerprint density at radius 2 is 1.48 bits per heavy atom. The van der Waals surface area contributed by atoms with E-state index in [9.17, 15) is 18.0 Å². The maximum Gasteiger partial charge on any atom is 0.243 e. The fraction of sp³-hybridized carbons (Fsp3) is 0.391. The van der Waals surface area contributed by atoms with Gasteiger partial charge < -0.3 is 10.6 Å². The number of carbonyl (C=O) groups is 2. The summed E-state index contributed by atoms with van der Waals surface area (Å²) in [5.74, 6) is -0.520. The molecule has 0 saturated carbocycles. The van der Waals surface area contributed by atoms with Gasteiger partial charge in [0.05, 0.1) is 11.4 Å². The Bertz CT molecular complexity index is 993. The zero-order valence-electron chi connectivity index (χ0n) is 18.6. The zero-order chi connectivity index (χ0) is 23.0. The second kappa shape index (κ2) is 11.1. The van der Waals surface area contributed by atoms with Gasteiger partial charge in [0.25, 0.3) is 0 Å². The smallest absolute Gasteiger partial charge is 0.243 e. The molecule has 168 valence electrons.